The molecule has 0 spiro atoms. The predicted molar refractivity (Wildman–Crippen MR) is 113 cm³/mol. The highest BCUT2D eigenvalue weighted by molar-refractivity contribution is 14.1. The van der Waals surface area contributed by atoms with Crippen LogP contribution in [-0.4, -0.2) is 17.3 Å². The van der Waals surface area contributed by atoms with E-state index in [-0.39, 0.29) is 21.6 Å². The molecule has 1 fully saturated rings. The zero-order chi connectivity index (χ0) is 19.6. The number of amides is 1. The second-order valence-corrected chi connectivity index (χ2v) is 8.70. The summed E-state index contributed by atoms with van der Waals surface area (Å²) in [5.41, 5.74) is 3.13. The Balaban J connectivity index is 1.80. The van der Waals surface area contributed by atoms with E-state index in [0.717, 1.165) is 22.8 Å². The molecule has 1 amide bonds. The van der Waals surface area contributed by atoms with Gasteiger partial charge in [-0.1, -0.05) is 18.0 Å². The molecule has 1 aliphatic rings. The van der Waals surface area contributed by atoms with Gasteiger partial charge < -0.3 is 10.4 Å². The van der Waals surface area contributed by atoms with Crippen LogP contribution in [-0.2, 0) is 4.84 Å². The van der Waals surface area contributed by atoms with Crippen molar-refractivity contribution in [1.29, 1.82) is 0 Å². The summed E-state index contributed by atoms with van der Waals surface area (Å²) in [5.74, 6) is -1.13. The number of hydroxylamine groups is 1. The minimum absolute atomic E-state index is 0.0217. The fourth-order valence-corrected chi connectivity index (χ4v) is 3.81. The molecule has 1 unspecified atom stereocenters. The van der Waals surface area contributed by atoms with Gasteiger partial charge >= 0.3 is 0 Å². The Morgan fingerprint density at radius 1 is 1.33 bits per heavy atom. The van der Waals surface area contributed by atoms with Crippen LogP contribution in [0.15, 0.2) is 34.8 Å². The van der Waals surface area contributed by atoms with Gasteiger partial charge in [-0.3, -0.25) is 4.79 Å². The molecule has 2 aromatic carbocycles. The van der Waals surface area contributed by atoms with Gasteiger partial charge in [0.25, 0.3) is 5.91 Å². The van der Waals surface area contributed by atoms with Crippen molar-refractivity contribution in [3.05, 3.63) is 54.8 Å². The average molecular weight is 570 g/mol. The van der Waals surface area contributed by atoms with Crippen molar-refractivity contribution in [1.82, 2.24) is 5.48 Å². The number of anilines is 2. The summed E-state index contributed by atoms with van der Waals surface area (Å²) >= 11 is 11.4. The maximum atomic E-state index is 14.0. The Hall–Kier alpha value is -0.940. The number of hydrogen-bond donors (Lipinski definition) is 3. The molecule has 0 radical (unpaired) electrons. The van der Waals surface area contributed by atoms with E-state index in [1.807, 2.05) is 6.07 Å². The number of nitrogens with one attached hydrogen (secondary N) is 2. The highest BCUT2D eigenvalue weighted by Gasteiger charge is 2.27. The second-order valence-electron chi connectivity index (χ2n) is 6.19. The first kappa shape index (κ1) is 20.8. The molecule has 1 saturated carbocycles. The van der Waals surface area contributed by atoms with E-state index >= 15 is 0 Å². The van der Waals surface area contributed by atoms with Crippen LogP contribution >= 0.6 is 50.1 Å². The van der Waals surface area contributed by atoms with Crippen LogP contribution in [0.5, 0.6) is 0 Å². The Labute approximate surface area is 182 Å². The highest BCUT2D eigenvalue weighted by atomic mass is 127. The molecule has 144 valence electrons. The molecule has 2 aromatic rings. The van der Waals surface area contributed by atoms with Crippen LogP contribution in [0, 0.1) is 15.3 Å². The van der Waals surface area contributed by atoms with Crippen molar-refractivity contribution in [3.8, 4) is 0 Å². The Kier molecular flexibility index (Phi) is 6.96. The number of rotatable bonds is 6. The lowest BCUT2D eigenvalue weighted by molar-refractivity contribution is -0.178. The molecule has 5 nitrogen and oxygen atoms in total. The second kappa shape index (κ2) is 9.04. The zero-order valence-electron chi connectivity index (χ0n) is 13.9. The van der Waals surface area contributed by atoms with Crippen LogP contribution in [0.1, 0.15) is 29.6 Å². The van der Waals surface area contributed by atoms with Crippen molar-refractivity contribution < 1.29 is 19.1 Å². The lowest BCUT2D eigenvalue weighted by Crippen LogP contribution is -2.36. The number of halogens is 4. The topological polar surface area (TPSA) is 70.6 Å². The van der Waals surface area contributed by atoms with E-state index in [1.54, 1.807) is 12.1 Å². The van der Waals surface area contributed by atoms with Crippen LogP contribution in [0.25, 0.3) is 0 Å². The normalized spacial score (nSPS) is 15.1. The number of hydrogen-bond acceptors (Lipinski definition) is 4. The summed E-state index contributed by atoms with van der Waals surface area (Å²) < 4.78 is 15.1. The summed E-state index contributed by atoms with van der Waals surface area (Å²) in [6.45, 7) is 0. The van der Waals surface area contributed by atoms with Crippen LogP contribution in [0.2, 0.25) is 5.02 Å². The zero-order valence-corrected chi connectivity index (χ0v) is 18.4. The number of aliphatic hydroxyl groups is 1. The van der Waals surface area contributed by atoms with E-state index in [4.69, 9.17) is 16.4 Å². The van der Waals surface area contributed by atoms with Gasteiger partial charge in [-0.25, -0.2) is 14.7 Å². The molecule has 3 N–H and O–H groups in total. The minimum Gasteiger partial charge on any atom is -0.366 e. The molecular weight excluding hydrogens is 553 g/mol. The molecule has 27 heavy (non-hydrogen) atoms. The van der Waals surface area contributed by atoms with Crippen molar-refractivity contribution in [3.63, 3.8) is 0 Å². The molecule has 0 aromatic heterocycles. The lowest BCUT2D eigenvalue weighted by Gasteiger charge is -2.29. The summed E-state index contributed by atoms with van der Waals surface area (Å²) in [6.07, 6.45) is 1.69. The van der Waals surface area contributed by atoms with Gasteiger partial charge in [-0.05, 0) is 81.7 Å². The Morgan fingerprint density at radius 2 is 2.07 bits per heavy atom. The Bertz CT molecular complexity index is 867. The summed E-state index contributed by atoms with van der Waals surface area (Å²) in [7, 11) is 0. The monoisotopic (exact) mass is 568 g/mol. The lowest BCUT2D eigenvalue weighted by atomic mass is 9.85. The SMILES string of the molecule is O=C(NOC(O)C1CCC1)c1cc(Br)c(F)cc1Nc1ccc(I)cc1Cl. The first-order valence-electron chi connectivity index (χ1n) is 8.20. The largest absolute Gasteiger partial charge is 0.366 e. The number of carbonyl (C=O) groups excluding carboxylic acids is 1. The van der Waals surface area contributed by atoms with Crippen LogP contribution in [0.3, 0.4) is 0 Å². The molecule has 0 aliphatic heterocycles. The van der Waals surface area contributed by atoms with Crippen LogP contribution < -0.4 is 10.8 Å². The third-order valence-electron chi connectivity index (χ3n) is 4.33. The van der Waals surface area contributed by atoms with E-state index in [2.05, 4.69) is 49.3 Å². The Morgan fingerprint density at radius 3 is 2.70 bits per heavy atom. The summed E-state index contributed by atoms with van der Waals surface area (Å²) in [5, 5.41) is 13.3. The molecular formula is C18H16BrClFIN2O3. The maximum Gasteiger partial charge on any atom is 0.277 e. The fraction of sp³-hybridized carbons (Fsp3) is 0.278. The molecule has 0 saturated heterocycles. The molecule has 1 aliphatic carbocycles. The molecule has 3 rings (SSSR count). The highest BCUT2D eigenvalue weighted by Crippen LogP contribution is 2.32. The van der Waals surface area contributed by atoms with Gasteiger partial charge in [0.15, 0.2) is 6.29 Å². The molecule has 0 bridgehead atoms. The van der Waals surface area contributed by atoms with Gasteiger partial charge in [-0.15, -0.1) is 0 Å². The van der Waals surface area contributed by atoms with E-state index in [0.29, 0.717) is 10.7 Å². The third kappa shape index (κ3) is 5.11. The first-order valence-corrected chi connectivity index (χ1v) is 10.5. The molecule has 0 heterocycles. The van der Waals surface area contributed by atoms with E-state index < -0.39 is 18.0 Å². The average Bonchev–Trinajstić information content (AvgIpc) is 2.56. The van der Waals surface area contributed by atoms with Gasteiger partial charge in [-0.2, -0.15) is 0 Å². The quantitative estimate of drug-likeness (QED) is 0.249. The predicted octanol–water partition coefficient (Wildman–Crippen LogP) is 5.37. The third-order valence-corrected chi connectivity index (χ3v) is 5.92. The molecule has 9 heteroatoms. The summed E-state index contributed by atoms with van der Waals surface area (Å²) in [4.78, 5) is 17.6. The smallest absolute Gasteiger partial charge is 0.277 e. The van der Waals surface area contributed by atoms with Crippen molar-refractivity contribution in [2.24, 2.45) is 5.92 Å². The number of aliphatic hydroxyl groups excluding tert-OH is 1. The minimum atomic E-state index is -1.06. The standard InChI is InChI=1S/C18H16BrClFIN2O3/c19-12-7-11(17(25)24-27-18(26)9-2-1-3-9)16(8-14(12)21)23-15-5-4-10(22)6-13(15)20/h4-9,18,23,26H,1-3H2,(H,24,25). The van der Waals surface area contributed by atoms with E-state index in [1.165, 1.54) is 12.1 Å². The maximum absolute atomic E-state index is 14.0. The number of carbonyl (C=O) groups is 1. The molecule has 1 atom stereocenters. The van der Waals surface area contributed by atoms with Crippen molar-refractivity contribution in [2.75, 3.05) is 5.32 Å². The van der Waals surface area contributed by atoms with Gasteiger partial charge in [0.1, 0.15) is 5.82 Å². The fourth-order valence-electron chi connectivity index (χ4n) is 2.56. The van der Waals surface area contributed by atoms with Crippen molar-refractivity contribution in [2.45, 2.75) is 25.6 Å². The van der Waals surface area contributed by atoms with Gasteiger partial charge in [0, 0.05) is 9.49 Å². The number of benzene rings is 2. The van der Waals surface area contributed by atoms with Gasteiger partial charge in [0.2, 0.25) is 0 Å². The first-order chi connectivity index (χ1) is 12.8. The summed E-state index contributed by atoms with van der Waals surface area (Å²) in [6, 6.07) is 7.85. The van der Waals surface area contributed by atoms with E-state index in [9.17, 15) is 14.3 Å². The van der Waals surface area contributed by atoms with Crippen molar-refractivity contribution >= 4 is 67.4 Å². The van der Waals surface area contributed by atoms with Gasteiger partial charge in [0.05, 0.1) is 26.4 Å². The van der Waals surface area contributed by atoms with Crippen LogP contribution in [0.4, 0.5) is 15.8 Å².